The molecule has 1 aliphatic heterocycles. The fourth-order valence-electron chi connectivity index (χ4n) is 2.61. The van der Waals surface area contributed by atoms with E-state index in [0.717, 1.165) is 15.8 Å². The summed E-state index contributed by atoms with van der Waals surface area (Å²) in [5.41, 5.74) is -1.61. The van der Waals surface area contributed by atoms with Crippen LogP contribution in [0.2, 0.25) is 0 Å². The maximum atomic E-state index is 13.1. The van der Waals surface area contributed by atoms with Crippen molar-refractivity contribution in [1.82, 2.24) is 14.7 Å². The van der Waals surface area contributed by atoms with E-state index in [9.17, 15) is 22.8 Å². The number of aryl methyl sites for hydroxylation is 1. The Morgan fingerprint density at radius 2 is 2.14 bits per heavy atom. The number of aliphatic carboxylic acids is 1. The number of alkyl halides is 3. The molecule has 122 valence electrons. The normalized spacial score (nSPS) is 19.3. The van der Waals surface area contributed by atoms with Crippen LogP contribution in [-0.4, -0.2) is 44.8 Å². The maximum Gasteiger partial charge on any atom is 0.433 e. The minimum atomic E-state index is -4.69. The van der Waals surface area contributed by atoms with Gasteiger partial charge in [-0.1, -0.05) is 0 Å². The predicted molar refractivity (Wildman–Crippen MR) is 69.2 cm³/mol. The zero-order valence-corrected chi connectivity index (χ0v) is 11.9. The van der Waals surface area contributed by atoms with E-state index >= 15 is 0 Å². The van der Waals surface area contributed by atoms with Crippen LogP contribution in [0, 0.1) is 5.92 Å². The molecule has 1 fully saturated rings. The fraction of sp³-hybridized carbons (Fsp3) is 0.615. The van der Waals surface area contributed by atoms with Gasteiger partial charge < -0.3 is 10.0 Å². The number of hydrogen-bond acceptors (Lipinski definition) is 3. The smallest absolute Gasteiger partial charge is 0.433 e. The second-order valence-corrected chi connectivity index (χ2v) is 5.15. The van der Waals surface area contributed by atoms with Gasteiger partial charge in [-0.15, -0.1) is 0 Å². The van der Waals surface area contributed by atoms with Crippen molar-refractivity contribution in [1.29, 1.82) is 0 Å². The first-order chi connectivity index (χ1) is 10.3. The summed E-state index contributed by atoms with van der Waals surface area (Å²) in [5.74, 6) is -2.61. The van der Waals surface area contributed by atoms with Gasteiger partial charge in [0.25, 0.3) is 5.91 Å². The lowest BCUT2D eigenvalue weighted by atomic mass is 9.97. The fourth-order valence-corrected chi connectivity index (χ4v) is 2.61. The molecule has 1 amide bonds. The van der Waals surface area contributed by atoms with Crippen molar-refractivity contribution in [3.63, 3.8) is 0 Å². The number of rotatable bonds is 3. The van der Waals surface area contributed by atoms with Crippen LogP contribution < -0.4 is 0 Å². The zero-order valence-electron chi connectivity index (χ0n) is 11.9. The van der Waals surface area contributed by atoms with E-state index in [-0.39, 0.29) is 19.6 Å². The third kappa shape index (κ3) is 3.07. The maximum absolute atomic E-state index is 13.1. The van der Waals surface area contributed by atoms with E-state index < -0.39 is 35.2 Å². The molecule has 2 rings (SSSR count). The summed E-state index contributed by atoms with van der Waals surface area (Å²) in [4.78, 5) is 24.5. The molecule has 1 saturated heterocycles. The molecular formula is C13H16F3N3O3. The molecule has 0 aromatic carbocycles. The number of piperidine rings is 1. The molecule has 2 heterocycles. The van der Waals surface area contributed by atoms with Crippen molar-refractivity contribution in [2.24, 2.45) is 5.92 Å². The van der Waals surface area contributed by atoms with Crippen LogP contribution in [0.25, 0.3) is 0 Å². The van der Waals surface area contributed by atoms with Crippen molar-refractivity contribution < 1.29 is 27.9 Å². The standard InChI is InChI=1S/C13H16F3N3O3/c1-2-19-10(13(14,15)16)9(6-17-19)11(20)18-5-3-4-8(7-18)12(21)22/h6,8H,2-5,7H2,1H3,(H,21,22). The number of carboxylic acid groups (broad SMARTS) is 1. The third-order valence-corrected chi connectivity index (χ3v) is 3.70. The lowest BCUT2D eigenvalue weighted by molar-refractivity contribution is -0.145. The molecule has 0 spiro atoms. The number of hydrogen-bond donors (Lipinski definition) is 1. The molecular weight excluding hydrogens is 303 g/mol. The Hall–Kier alpha value is -2.06. The van der Waals surface area contributed by atoms with Crippen molar-refractivity contribution >= 4 is 11.9 Å². The molecule has 1 aromatic rings. The van der Waals surface area contributed by atoms with Crippen molar-refractivity contribution in [2.45, 2.75) is 32.5 Å². The first-order valence-electron chi connectivity index (χ1n) is 6.90. The third-order valence-electron chi connectivity index (χ3n) is 3.70. The molecule has 0 radical (unpaired) electrons. The molecule has 0 bridgehead atoms. The molecule has 1 unspecified atom stereocenters. The van der Waals surface area contributed by atoms with Gasteiger partial charge in [-0.3, -0.25) is 14.3 Å². The predicted octanol–water partition coefficient (Wildman–Crippen LogP) is 1.86. The number of carbonyl (C=O) groups excluding carboxylic acids is 1. The molecule has 22 heavy (non-hydrogen) atoms. The second-order valence-electron chi connectivity index (χ2n) is 5.15. The number of halogens is 3. The molecule has 1 aromatic heterocycles. The summed E-state index contributed by atoms with van der Waals surface area (Å²) < 4.78 is 40.1. The number of nitrogens with zero attached hydrogens (tertiary/aromatic N) is 3. The van der Waals surface area contributed by atoms with Crippen LogP contribution in [0.3, 0.4) is 0 Å². The summed E-state index contributed by atoms with van der Waals surface area (Å²) in [5, 5.41) is 12.6. The quantitative estimate of drug-likeness (QED) is 0.923. The van der Waals surface area contributed by atoms with Crippen molar-refractivity contribution in [2.75, 3.05) is 13.1 Å². The lowest BCUT2D eigenvalue weighted by Gasteiger charge is -2.30. The van der Waals surface area contributed by atoms with Crippen LogP contribution in [-0.2, 0) is 17.5 Å². The van der Waals surface area contributed by atoms with Crippen LogP contribution in [0.4, 0.5) is 13.2 Å². The average molecular weight is 319 g/mol. The number of likely N-dealkylation sites (tertiary alicyclic amines) is 1. The van der Waals surface area contributed by atoms with Gasteiger partial charge in [0, 0.05) is 19.6 Å². The number of aromatic nitrogens is 2. The number of amides is 1. The number of carbonyl (C=O) groups is 2. The summed E-state index contributed by atoms with van der Waals surface area (Å²) in [6, 6.07) is 0. The van der Waals surface area contributed by atoms with E-state index in [4.69, 9.17) is 5.11 Å². The van der Waals surface area contributed by atoms with Gasteiger partial charge in [0.2, 0.25) is 0 Å². The summed E-state index contributed by atoms with van der Waals surface area (Å²) in [6.45, 7) is 1.65. The Bertz CT molecular complexity index is 583. The summed E-state index contributed by atoms with van der Waals surface area (Å²) >= 11 is 0. The second kappa shape index (κ2) is 5.98. The average Bonchev–Trinajstić information content (AvgIpc) is 2.90. The minimum absolute atomic E-state index is 0.0140. The molecule has 1 aliphatic rings. The summed E-state index contributed by atoms with van der Waals surface area (Å²) in [6.07, 6.45) is -2.93. The first-order valence-corrected chi connectivity index (χ1v) is 6.90. The molecule has 6 nitrogen and oxygen atoms in total. The Morgan fingerprint density at radius 3 is 2.68 bits per heavy atom. The molecule has 9 heteroatoms. The monoisotopic (exact) mass is 319 g/mol. The topological polar surface area (TPSA) is 75.4 Å². The highest BCUT2D eigenvalue weighted by atomic mass is 19.4. The van der Waals surface area contributed by atoms with Crippen LogP contribution in [0.5, 0.6) is 0 Å². The van der Waals surface area contributed by atoms with Gasteiger partial charge in [0.15, 0.2) is 5.69 Å². The summed E-state index contributed by atoms with van der Waals surface area (Å²) in [7, 11) is 0. The highest BCUT2D eigenvalue weighted by molar-refractivity contribution is 5.95. The Kier molecular flexibility index (Phi) is 4.43. The van der Waals surface area contributed by atoms with Gasteiger partial charge in [-0.2, -0.15) is 18.3 Å². The van der Waals surface area contributed by atoms with E-state index in [1.165, 1.54) is 6.92 Å². The largest absolute Gasteiger partial charge is 0.481 e. The van der Waals surface area contributed by atoms with E-state index in [0.29, 0.717) is 12.8 Å². The first kappa shape index (κ1) is 16.3. The Labute approximate surface area is 124 Å². The van der Waals surface area contributed by atoms with Gasteiger partial charge in [0.1, 0.15) is 0 Å². The molecule has 1 N–H and O–H groups in total. The molecule has 0 aliphatic carbocycles. The highest BCUT2D eigenvalue weighted by Crippen LogP contribution is 2.33. The van der Waals surface area contributed by atoms with Crippen molar-refractivity contribution in [3.05, 3.63) is 17.5 Å². The van der Waals surface area contributed by atoms with Crippen LogP contribution in [0.1, 0.15) is 35.8 Å². The molecule has 1 atom stereocenters. The lowest BCUT2D eigenvalue weighted by Crippen LogP contribution is -2.42. The minimum Gasteiger partial charge on any atom is -0.481 e. The van der Waals surface area contributed by atoms with E-state index in [2.05, 4.69) is 5.10 Å². The van der Waals surface area contributed by atoms with E-state index in [1.807, 2.05) is 0 Å². The zero-order chi connectivity index (χ0) is 16.5. The van der Waals surface area contributed by atoms with Crippen LogP contribution >= 0.6 is 0 Å². The van der Waals surface area contributed by atoms with Gasteiger partial charge >= 0.3 is 12.1 Å². The highest BCUT2D eigenvalue weighted by Gasteiger charge is 2.41. The SMILES string of the molecule is CCn1ncc(C(=O)N2CCCC(C(=O)O)C2)c1C(F)(F)F. The van der Waals surface area contributed by atoms with Gasteiger partial charge in [-0.25, -0.2) is 0 Å². The van der Waals surface area contributed by atoms with Crippen molar-refractivity contribution in [3.8, 4) is 0 Å². The Morgan fingerprint density at radius 1 is 1.45 bits per heavy atom. The molecule has 0 saturated carbocycles. The van der Waals surface area contributed by atoms with Gasteiger partial charge in [0.05, 0.1) is 17.7 Å². The number of carboxylic acids is 1. The van der Waals surface area contributed by atoms with Crippen LogP contribution in [0.15, 0.2) is 6.20 Å². The van der Waals surface area contributed by atoms with Gasteiger partial charge in [-0.05, 0) is 19.8 Å². The Balaban J connectivity index is 2.30. The van der Waals surface area contributed by atoms with E-state index in [1.54, 1.807) is 0 Å².